The van der Waals surface area contributed by atoms with E-state index in [2.05, 4.69) is 5.32 Å². The van der Waals surface area contributed by atoms with Crippen LogP contribution in [0.4, 0.5) is 24.5 Å². The molecule has 0 fully saturated rings. The molecule has 0 aromatic heterocycles. The molecule has 0 aliphatic carbocycles. The molecule has 2 aromatic carbocycles. The quantitative estimate of drug-likeness (QED) is 0.885. The Kier molecular flexibility index (Phi) is 4.82. The Morgan fingerprint density at radius 3 is 2.48 bits per heavy atom. The van der Waals surface area contributed by atoms with Crippen LogP contribution >= 0.6 is 0 Å². The minimum absolute atomic E-state index is 0.0584. The first-order chi connectivity index (χ1) is 12.6. The smallest absolute Gasteiger partial charge is 0.416 e. The average Bonchev–Trinajstić information content (AvgIpc) is 2.61. The summed E-state index contributed by atoms with van der Waals surface area (Å²) in [4.78, 5) is 25.8. The third-order valence-electron chi connectivity index (χ3n) is 4.14. The highest BCUT2D eigenvalue weighted by atomic mass is 19.4. The first-order valence-corrected chi connectivity index (χ1v) is 8.21. The van der Waals surface area contributed by atoms with Crippen molar-refractivity contribution in [2.24, 2.45) is 0 Å². The summed E-state index contributed by atoms with van der Waals surface area (Å²) in [5, 5.41) is 2.38. The summed E-state index contributed by atoms with van der Waals surface area (Å²) in [7, 11) is 0. The number of fused-ring (bicyclic) bond motifs is 1. The second kappa shape index (κ2) is 6.94. The highest BCUT2D eigenvalue weighted by molar-refractivity contribution is 6.11. The van der Waals surface area contributed by atoms with Crippen LogP contribution in [0.5, 0.6) is 5.75 Å². The van der Waals surface area contributed by atoms with Gasteiger partial charge in [0.05, 0.1) is 16.9 Å². The molecule has 1 N–H and O–H groups in total. The number of benzene rings is 2. The zero-order valence-corrected chi connectivity index (χ0v) is 14.6. The Labute approximate surface area is 153 Å². The van der Waals surface area contributed by atoms with Crippen LogP contribution in [0.15, 0.2) is 42.5 Å². The molecule has 142 valence electrons. The van der Waals surface area contributed by atoms with Gasteiger partial charge in [-0.25, -0.2) is 0 Å². The molecule has 0 saturated carbocycles. The van der Waals surface area contributed by atoms with E-state index in [0.29, 0.717) is 5.75 Å². The Hall–Kier alpha value is -3.03. The van der Waals surface area contributed by atoms with E-state index >= 15 is 0 Å². The van der Waals surface area contributed by atoms with E-state index in [0.717, 1.165) is 22.6 Å². The van der Waals surface area contributed by atoms with Gasteiger partial charge < -0.3 is 10.1 Å². The van der Waals surface area contributed by atoms with Crippen molar-refractivity contribution in [2.75, 3.05) is 16.8 Å². The van der Waals surface area contributed by atoms with Crippen LogP contribution in [0, 0.1) is 6.92 Å². The van der Waals surface area contributed by atoms with Gasteiger partial charge in [0.1, 0.15) is 12.3 Å². The minimum atomic E-state index is -4.55. The predicted molar refractivity (Wildman–Crippen MR) is 93.7 cm³/mol. The number of rotatable bonds is 3. The molecule has 2 amide bonds. The maximum Gasteiger partial charge on any atom is 0.416 e. The molecular weight excluding hydrogens is 361 g/mol. The van der Waals surface area contributed by atoms with E-state index in [4.69, 9.17) is 4.74 Å². The Morgan fingerprint density at radius 1 is 1.19 bits per heavy atom. The van der Waals surface area contributed by atoms with E-state index in [9.17, 15) is 22.8 Å². The van der Waals surface area contributed by atoms with Crippen LogP contribution in [0.25, 0.3) is 0 Å². The number of carbonyl (C=O) groups excluding carboxylic acids is 2. The van der Waals surface area contributed by atoms with Crippen LogP contribution in [-0.4, -0.2) is 24.5 Å². The van der Waals surface area contributed by atoms with E-state index in [1.54, 1.807) is 12.1 Å². The number of ether oxygens (including phenoxy) is 1. The Bertz CT molecular complexity index is 879. The van der Waals surface area contributed by atoms with Crippen molar-refractivity contribution in [3.8, 4) is 5.75 Å². The molecule has 3 rings (SSSR count). The number of halogens is 3. The van der Waals surface area contributed by atoms with Gasteiger partial charge in [-0.3, -0.25) is 14.5 Å². The van der Waals surface area contributed by atoms with Crippen LogP contribution in [0.2, 0.25) is 0 Å². The van der Waals surface area contributed by atoms with Gasteiger partial charge in [0, 0.05) is 0 Å². The lowest BCUT2D eigenvalue weighted by Crippen LogP contribution is -2.47. The molecule has 0 unspecified atom stereocenters. The average molecular weight is 378 g/mol. The third-order valence-corrected chi connectivity index (χ3v) is 4.14. The van der Waals surface area contributed by atoms with Gasteiger partial charge >= 0.3 is 6.18 Å². The Balaban J connectivity index is 1.85. The molecule has 0 saturated heterocycles. The minimum Gasteiger partial charge on any atom is -0.481 e. The predicted octanol–water partition coefficient (Wildman–Crippen LogP) is 3.77. The van der Waals surface area contributed by atoms with Crippen LogP contribution in [0.3, 0.4) is 0 Å². The van der Waals surface area contributed by atoms with Gasteiger partial charge in [0.15, 0.2) is 6.10 Å². The van der Waals surface area contributed by atoms with Crippen LogP contribution < -0.4 is 15.0 Å². The molecule has 27 heavy (non-hydrogen) atoms. The molecule has 0 radical (unpaired) electrons. The standard InChI is InChI=1S/C19H17F3N2O3/c1-11-3-6-14(7-4-11)27-12(2)18(26)24-10-17(25)23-15-9-13(19(20,21)22)5-8-16(15)24/h3-9,12H,10H2,1-2H3,(H,23,25)/t12-/m1/s1. The summed E-state index contributed by atoms with van der Waals surface area (Å²) in [6.07, 6.45) is -5.47. The number of anilines is 2. The number of nitrogens with zero attached hydrogens (tertiary/aromatic N) is 1. The van der Waals surface area contributed by atoms with Gasteiger partial charge in [-0.2, -0.15) is 13.2 Å². The highest BCUT2D eigenvalue weighted by Gasteiger charge is 2.35. The molecule has 1 heterocycles. The lowest BCUT2D eigenvalue weighted by atomic mass is 10.1. The number of nitrogens with one attached hydrogen (secondary N) is 1. The van der Waals surface area contributed by atoms with Gasteiger partial charge in [0.2, 0.25) is 5.91 Å². The molecule has 0 bridgehead atoms. The van der Waals surface area contributed by atoms with Gasteiger partial charge in [-0.15, -0.1) is 0 Å². The van der Waals surface area contributed by atoms with E-state index in [1.165, 1.54) is 13.0 Å². The zero-order chi connectivity index (χ0) is 19.8. The molecular formula is C19H17F3N2O3. The monoisotopic (exact) mass is 378 g/mol. The van der Waals surface area contributed by atoms with E-state index < -0.39 is 29.7 Å². The second-order valence-corrected chi connectivity index (χ2v) is 6.28. The summed E-state index contributed by atoms with van der Waals surface area (Å²) in [5.74, 6) is -0.611. The fourth-order valence-electron chi connectivity index (χ4n) is 2.75. The summed E-state index contributed by atoms with van der Waals surface area (Å²) in [6.45, 7) is 3.15. The van der Waals surface area contributed by atoms with Crippen LogP contribution in [-0.2, 0) is 15.8 Å². The van der Waals surface area contributed by atoms with Crippen molar-refractivity contribution in [2.45, 2.75) is 26.1 Å². The summed E-state index contributed by atoms with van der Waals surface area (Å²) < 4.78 is 44.3. The molecule has 5 nitrogen and oxygen atoms in total. The lowest BCUT2D eigenvalue weighted by molar-refractivity contribution is -0.137. The first-order valence-electron chi connectivity index (χ1n) is 8.21. The van der Waals surface area contributed by atoms with Crippen molar-refractivity contribution < 1.29 is 27.5 Å². The molecule has 1 aliphatic rings. The molecule has 0 spiro atoms. The topological polar surface area (TPSA) is 58.6 Å². The zero-order valence-electron chi connectivity index (χ0n) is 14.6. The summed E-state index contributed by atoms with van der Waals surface area (Å²) in [5.41, 5.74) is 0.271. The summed E-state index contributed by atoms with van der Waals surface area (Å²) in [6, 6.07) is 9.95. The number of hydrogen-bond donors (Lipinski definition) is 1. The molecule has 8 heteroatoms. The van der Waals surface area contributed by atoms with Crippen molar-refractivity contribution >= 4 is 23.2 Å². The van der Waals surface area contributed by atoms with Crippen LogP contribution in [0.1, 0.15) is 18.1 Å². The Morgan fingerprint density at radius 2 is 1.85 bits per heavy atom. The lowest BCUT2D eigenvalue weighted by Gasteiger charge is -2.31. The maximum atomic E-state index is 12.9. The third kappa shape index (κ3) is 4.05. The maximum absolute atomic E-state index is 12.9. The SMILES string of the molecule is Cc1ccc(O[C@H](C)C(=O)N2CC(=O)Nc3cc(C(F)(F)F)ccc32)cc1. The number of amides is 2. The fraction of sp³-hybridized carbons (Fsp3) is 0.263. The number of hydrogen-bond acceptors (Lipinski definition) is 3. The normalized spacial score (nSPS) is 15.0. The van der Waals surface area contributed by atoms with Gasteiger partial charge in [0.25, 0.3) is 5.91 Å². The molecule has 2 aromatic rings. The van der Waals surface area contributed by atoms with Gasteiger partial charge in [-0.05, 0) is 44.2 Å². The first kappa shape index (κ1) is 18.8. The highest BCUT2D eigenvalue weighted by Crippen LogP contribution is 2.37. The van der Waals surface area contributed by atoms with E-state index in [-0.39, 0.29) is 17.9 Å². The second-order valence-electron chi connectivity index (χ2n) is 6.28. The fourth-order valence-corrected chi connectivity index (χ4v) is 2.75. The number of alkyl halides is 3. The van der Waals surface area contributed by atoms with Crippen molar-refractivity contribution in [1.82, 2.24) is 0 Å². The summed E-state index contributed by atoms with van der Waals surface area (Å²) >= 11 is 0. The van der Waals surface area contributed by atoms with Crippen molar-refractivity contribution in [3.63, 3.8) is 0 Å². The number of aryl methyl sites for hydroxylation is 1. The largest absolute Gasteiger partial charge is 0.481 e. The van der Waals surface area contributed by atoms with Crippen molar-refractivity contribution in [1.29, 1.82) is 0 Å². The number of carbonyl (C=O) groups is 2. The van der Waals surface area contributed by atoms with Crippen molar-refractivity contribution in [3.05, 3.63) is 53.6 Å². The van der Waals surface area contributed by atoms with Gasteiger partial charge in [-0.1, -0.05) is 17.7 Å². The van der Waals surface area contributed by atoms with E-state index in [1.807, 2.05) is 19.1 Å². The molecule has 1 aliphatic heterocycles. The molecule has 1 atom stereocenters.